The summed E-state index contributed by atoms with van der Waals surface area (Å²) in [6, 6.07) is 10.3. The molecule has 0 aromatic heterocycles. The summed E-state index contributed by atoms with van der Waals surface area (Å²) in [6.45, 7) is 2.03. The third-order valence-corrected chi connectivity index (χ3v) is 4.11. The number of hydrogen-bond acceptors (Lipinski definition) is 4. The number of allylic oxidation sites excluding steroid dienone is 1. The fourth-order valence-corrected chi connectivity index (χ4v) is 2.76. The van der Waals surface area contributed by atoms with Gasteiger partial charge in [-0.05, 0) is 31.2 Å². The number of carbonyl (C=O) groups is 1. The molecule has 0 amide bonds. The highest BCUT2D eigenvalue weighted by molar-refractivity contribution is 6.18. The summed E-state index contributed by atoms with van der Waals surface area (Å²) in [4.78, 5) is 15.9. The van der Waals surface area contributed by atoms with Gasteiger partial charge in [0, 0.05) is 18.7 Å². The van der Waals surface area contributed by atoms with Crippen LogP contribution in [0.4, 0.5) is 0 Å². The van der Waals surface area contributed by atoms with Crippen LogP contribution in [0.2, 0.25) is 0 Å². The predicted molar refractivity (Wildman–Crippen MR) is 87.3 cm³/mol. The standard InChI is InChI=1S/C17H23N3O2/c1-3-22-17(21)14(16(19)20-2)15(18)13-9-12(10-13)11-7-5-4-6-8-11/h4-8,12-13H,3,9-10,18H2,1-2H3,(H2,19,20)/b15-14+. The molecule has 1 fully saturated rings. The second-order valence-corrected chi connectivity index (χ2v) is 5.44. The molecule has 4 N–H and O–H groups in total. The van der Waals surface area contributed by atoms with Gasteiger partial charge in [-0.2, -0.15) is 0 Å². The normalized spacial score (nSPS) is 22.5. The Balaban J connectivity index is 2.14. The molecule has 0 spiro atoms. The Morgan fingerprint density at radius 1 is 1.27 bits per heavy atom. The van der Waals surface area contributed by atoms with E-state index in [1.165, 1.54) is 12.6 Å². The van der Waals surface area contributed by atoms with Crippen molar-refractivity contribution in [2.45, 2.75) is 25.7 Å². The molecule has 1 saturated carbocycles. The fraction of sp³-hybridized carbons (Fsp3) is 0.412. The molecule has 0 bridgehead atoms. The second-order valence-electron chi connectivity index (χ2n) is 5.44. The number of benzene rings is 1. The first kappa shape index (κ1) is 16.1. The zero-order chi connectivity index (χ0) is 16.1. The number of esters is 1. The molecule has 5 heteroatoms. The summed E-state index contributed by atoms with van der Waals surface area (Å²) in [6.07, 6.45) is 1.82. The minimum absolute atomic E-state index is 0.138. The van der Waals surface area contributed by atoms with E-state index in [1.54, 1.807) is 6.92 Å². The van der Waals surface area contributed by atoms with Crippen LogP contribution in [0.25, 0.3) is 0 Å². The second kappa shape index (κ2) is 7.11. The van der Waals surface area contributed by atoms with E-state index >= 15 is 0 Å². The topological polar surface area (TPSA) is 90.7 Å². The summed E-state index contributed by atoms with van der Waals surface area (Å²) in [7, 11) is 1.54. The lowest BCUT2D eigenvalue weighted by Gasteiger charge is -2.36. The molecular weight excluding hydrogens is 278 g/mol. The largest absolute Gasteiger partial charge is 0.462 e. The van der Waals surface area contributed by atoms with Crippen molar-refractivity contribution in [2.24, 2.45) is 22.4 Å². The van der Waals surface area contributed by atoms with Crippen molar-refractivity contribution in [3.05, 3.63) is 47.2 Å². The Kier molecular flexibility index (Phi) is 5.20. The number of carbonyl (C=O) groups excluding carboxylic acids is 1. The quantitative estimate of drug-likeness (QED) is 0.376. The first-order valence-corrected chi connectivity index (χ1v) is 7.52. The van der Waals surface area contributed by atoms with Crippen LogP contribution in [-0.2, 0) is 9.53 Å². The van der Waals surface area contributed by atoms with E-state index in [0.717, 1.165) is 12.8 Å². The molecular formula is C17H23N3O2. The first-order chi connectivity index (χ1) is 10.6. The summed E-state index contributed by atoms with van der Waals surface area (Å²) < 4.78 is 5.04. The number of rotatable bonds is 5. The molecule has 0 atom stereocenters. The van der Waals surface area contributed by atoms with Gasteiger partial charge >= 0.3 is 5.97 Å². The number of hydrogen-bond donors (Lipinski definition) is 2. The van der Waals surface area contributed by atoms with E-state index in [2.05, 4.69) is 17.1 Å². The molecule has 118 valence electrons. The van der Waals surface area contributed by atoms with Gasteiger partial charge in [-0.1, -0.05) is 30.3 Å². The van der Waals surface area contributed by atoms with E-state index in [9.17, 15) is 4.79 Å². The van der Waals surface area contributed by atoms with E-state index in [1.807, 2.05) is 18.2 Å². The minimum atomic E-state index is -0.494. The maximum Gasteiger partial charge on any atom is 0.343 e. The first-order valence-electron chi connectivity index (χ1n) is 7.52. The van der Waals surface area contributed by atoms with Crippen LogP contribution in [-0.4, -0.2) is 25.5 Å². The van der Waals surface area contributed by atoms with Gasteiger partial charge in [0.25, 0.3) is 0 Å². The van der Waals surface area contributed by atoms with Crippen LogP contribution < -0.4 is 11.5 Å². The van der Waals surface area contributed by atoms with Crippen molar-refractivity contribution >= 4 is 11.8 Å². The van der Waals surface area contributed by atoms with Gasteiger partial charge in [-0.25, -0.2) is 4.79 Å². The number of ether oxygens (including phenoxy) is 1. The zero-order valence-corrected chi connectivity index (χ0v) is 13.1. The fourth-order valence-electron chi connectivity index (χ4n) is 2.76. The van der Waals surface area contributed by atoms with Crippen molar-refractivity contribution in [3.63, 3.8) is 0 Å². The van der Waals surface area contributed by atoms with Crippen molar-refractivity contribution in [3.8, 4) is 0 Å². The lowest BCUT2D eigenvalue weighted by Crippen LogP contribution is -2.34. The van der Waals surface area contributed by atoms with Gasteiger partial charge in [0.05, 0.1) is 6.61 Å². The molecule has 2 rings (SSSR count). The molecule has 0 heterocycles. The molecule has 1 aromatic carbocycles. The molecule has 0 aliphatic heterocycles. The van der Waals surface area contributed by atoms with Crippen LogP contribution in [0.1, 0.15) is 31.2 Å². The highest BCUT2D eigenvalue weighted by Gasteiger charge is 2.35. The zero-order valence-electron chi connectivity index (χ0n) is 13.1. The lowest BCUT2D eigenvalue weighted by atomic mass is 9.69. The minimum Gasteiger partial charge on any atom is -0.462 e. The molecule has 0 unspecified atom stereocenters. The summed E-state index contributed by atoms with van der Waals surface area (Å²) in [5.41, 5.74) is 14.0. The SMILES string of the molecule is CCOC(=O)/C(C(N)=NC)=C(/N)C1CC(c2ccccc2)C1. The average Bonchev–Trinajstić information content (AvgIpc) is 2.47. The smallest absolute Gasteiger partial charge is 0.343 e. The van der Waals surface area contributed by atoms with Gasteiger partial charge in [0.1, 0.15) is 11.4 Å². The molecule has 22 heavy (non-hydrogen) atoms. The van der Waals surface area contributed by atoms with Crippen LogP contribution in [0.3, 0.4) is 0 Å². The van der Waals surface area contributed by atoms with Gasteiger partial charge < -0.3 is 16.2 Å². The third-order valence-electron chi connectivity index (χ3n) is 4.11. The number of nitrogens with two attached hydrogens (primary N) is 2. The lowest BCUT2D eigenvalue weighted by molar-refractivity contribution is -0.138. The van der Waals surface area contributed by atoms with Gasteiger partial charge in [0.15, 0.2) is 0 Å². The third kappa shape index (κ3) is 3.30. The van der Waals surface area contributed by atoms with Crippen LogP contribution in [0.15, 0.2) is 46.6 Å². The Labute approximate surface area is 131 Å². The average molecular weight is 301 g/mol. The van der Waals surface area contributed by atoms with Crippen molar-refractivity contribution in [1.82, 2.24) is 0 Å². The van der Waals surface area contributed by atoms with Crippen molar-refractivity contribution in [2.75, 3.05) is 13.7 Å². The number of aliphatic imine (C=N–C) groups is 1. The number of amidine groups is 1. The van der Waals surface area contributed by atoms with Crippen LogP contribution in [0.5, 0.6) is 0 Å². The number of nitrogens with zero attached hydrogens (tertiary/aromatic N) is 1. The Bertz CT molecular complexity index is 587. The Morgan fingerprint density at radius 3 is 2.45 bits per heavy atom. The molecule has 0 radical (unpaired) electrons. The molecule has 1 aromatic rings. The highest BCUT2D eigenvalue weighted by atomic mass is 16.5. The maximum atomic E-state index is 12.1. The molecule has 0 saturated heterocycles. The van der Waals surface area contributed by atoms with Crippen molar-refractivity contribution in [1.29, 1.82) is 0 Å². The van der Waals surface area contributed by atoms with E-state index in [-0.39, 0.29) is 23.9 Å². The van der Waals surface area contributed by atoms with Gasteiger partial charge in [-0.15, -0.1) is 0 Å². The van der Waals surface area contributed by atoms with E-state index < -0.39 is 5.97 Å². The van der Waals surface area contributed by atoms with Crippen molar-refractivity contribution < 1.29 is 9.53 Å². The summed E-state index contributed by atoms with van der Waals surface area (Å²) in [5.74, 6) is 0.267. The molecule has 1 aliphatic rings. The van der Waals surface area contributed by atoms with E-state index in [0.29, 0.717) is 11.6 Å². The predicted octanol–water partition coefficient (Wildman–Crippen LogP) is 1.94. The van der Waals surface area contributed by atoms with Crippen LogP contribution >= 0.6 is 0 Å². The summed E-state index contributed by atoms with van der Waals surface area (Å²) in [5, 5.41) is 0. The van der Waals surface area contributed by atoms with Gasteiger partial charge in [-0.3, -0.25) is 4.99 Å². The monoisotopic (exact) mass is 301 g/mol. The Hall–Kier alpha value is -2.30. The molecule has 5 nitrogen and oxygen atoms in total. The maximum absolute atomic E-state index is 12.1. The van der Waals surface area contributed by atoms with E-state index in [4.69, 9.17) is 16.2 Å². The van der Waals surface area contributed by atoms with Crippen LogP contribution in [0, 0.1) is 5.92 Å². The van der Waals surface area contributed by atoms with Gasteiger partial charge in [0.2, 0.25) is 0 Å². The molecule has 1 aliphatic carbocycles. The Morgan fingerprint density at radius 2 is 1.91 bits per heavy atom. The summed E-state index contributed by atoms with van der Waals surface area (Å²) >= 11 is 0. The highest BCUT2D eigenvalue weighted by Crippen LogP contribution is 2.44.